The van der Waals surface area contributed by atoms with E-state index in [1.165, 1.54) is 0 Å². The van der Waals surface area contributed by atoms with Crippen molar-refractivity contribution in [1.29, 1.82) is 0 Å². The number of hydrogen-bond donors (Lipinski definition) is 2. The highest BCUT2D eigenvalue weighted by atomic mass is 79.9. The fraction of sp³-hybridized carbons (Fsp3) is 0.429. The average molecular weight is 343 g/mol. The molecule has 1 aromatic carbocycles. The standard InChI is InChI=1S/C14H19BrN2O3/c1-9-10(6-5-7-11(9)15)13(19)17-16-12(18)8-20-14(2,3)4/h5-7H,8H2,1-4H3,(H,16,18)(H,17,19). The number of amides is 2. The van der Waals surface area contributed by atoms with E-state index >= 15 is 0 Å². The van der Waals surface area contributed by atoms with Gasteiger partial charge in [-0.2, -0.15) is 0 Å². The van der Waals surface area contributed by atoms with Crippen molar-refractivity contribution in [3.63, 3.8) is 0 Å². The molecule has 0 bridgehead atoms. The first-order chi connectivity index (χ1) is 9.20. The summed E-state index contributed by atoms with van der Waals surface area (Å²) in [5.74, 6) is -0.770. The predicted octanol–water partition coefficient (Wildman–Crippen LogP) is 2.33. The third-order valence-electron chi connectivity index (χ3n) is 2.46. The van der Waals surface area contributed by atoms with Gasteiger partial charge in [-0.3, -0.25) is 20.4 Å². The molecule has 5 nitrogen and oxygen atoms in total. The van der Waals surface area contributed by atoms with Crippen molar-refractivity contribution in [3.05, 3.63) is 33.8 Å². The Morgan fingerprint density at radius 1 is 1.25 bits per heavy atom. The van der Waals surface area contributed by atoms with Crippen LogP contribution in [0.5, 0.6) is 0 Å². The summed E-state index contributed by atoms with van der Waals surface area (Å²) >= 11 is 3.35. The Balaban J connectivity index is 2.51. The van der Waals surface area contributed by atoms with Crippen molar-refractivity contribution in [3.8, 4) is 0 Å². The lowest BCUT2D eigenvalue weighted by atomic mass is 10.1. The Labute approximate surface area is 127 Å². The van der Waals surface area contributed by atoms with Crippen molar-refractivity contribution in [2.45, 2.75) is 33.3 Å². The molecule has 20 heavy (non-hydrogen) atoms. The van der Waals surface area contributed by atoms with Gasteiger partial charge < -0.3 is 4.74 Å². The van der Waals surface area contributed by atoms with Crippen LogP contribution < -0.4 is 10.9 Å². The average Bonchev–Trinajstić information content (AvgIpc) is 2.36. The summed E-state index contributed by atoms with van der Waals surface area (Å²) in [7, 11) is 0. The van der Waals surface area contributed by atoms with Crippen molar-refractivity contribution >= 4 is 27.7 Å². The lowest BCUT2D eigenvalue weighted by Crippen LogP contribution is -2.44. The first-order valence-corrected chi connectivity index (χ1v) is 6.98. The van der Waals surface area contributed by atoms with Gasteiger partial charge in [0.05, 0.1) is 5.60 Å². The van der Waals surface area contributed by atoms with E-state index < -0.39 is 11.5 Å². The van der Waals surface area contributed by atoms with Gasteiger partial charge in [-0.15, -0.1) is 0 Å². The number of nitrogens with one attached hydrogen (secondary N) is 2. The molecule has 0 saturated carbocycles. The Morgan fingerprint density at radius 2 is 1.90 bits per heavy atom. The second-order valence-electron chi connectivity index (χ2n) is 5.32. The summed E-state index contributed by atoms with van der Waals surface area (Å²) in [5, 5.41) is 0. The quantitative estimate of drug-likeness (QED) is 0.828. The summed E-state index contributed by atoms with van der Waals surface area (Å²) in [6, 6.07) is 5.30. The zero-order chi connectivity index (χ0) is 15.3. The Bertz CT molecular complexity index is 510. The molecule has 0 unspecified atom stereocenters. The van der Waals surface area contributed by atoms with E-state index in [4.69, 9.17) is 4.74 Å². The fourth-order valence-corrected chi connectivity index (χ4v) is 1.73. The summed E-state index contributed by atoms with van der Waals surface area (Å²) < 4.78 is 6.14. The van der Waals surface area contributed by atoms with E-state index in [1.54, 1.807) is 12.1 Å². The summed E-state index contributed by atoms with van der Waals surface area (Å²) in [6.45, 7) is 7.27. The summed E-state index contributed by atoms with van der Waals surface area (Å²) in [5.41, 5.74) is 5.59. The molecule has 0 spiro atoms. The highest BCUT2D eigenvalue weighted by Crippen LogP contribution is 2.19. The van der Waals surface area contributed by atoms with E-state index in [0.717, 1.165) is 10.0 Å². The normalized spacial score (nSPS) is 11.1. The monoisotopic (exact) mass is 342 g/mol. The Hall–Kier alpha value is -1.40. The van der Waals surface area contributed by atoms with Crippen molar-refractivity contribution in [2.75, 3.05) is 6.61 Å². The number of ether oxygens (including phenoxy) is 1. The molecule has 2 N–H and O–H groups in total. The van der Waals surface area contributed by atoms with E-state index in [1.807, 2.05) is 33.8 Å². The molecule has 0 saturated heterocycles. The van der Waals surface area contributed by atoms with Gasteiger partial charge in [-0.25, -0.2) is 0 Å². The van der Waals surface area contributed by atoms with Gasteiger partial charge in [0.15, 0.2) is 0 Å². The highest BCUT2D eigenvalue weighted by molar-refractivity contribution is 9.10. The van der Waals surface area contributed by atoms with Crippen molar-refractivity contribution in [2.24, 2.45) is 0 Å². The molecule has 1 rings (SSSR count). The lowest BCUT2D eigenvalue weighted by molar-refractivity contribution is -0.131. The predicted molar refractivity (Wildman–Crippen MR) is 80.2 cm³/mol. The summed E-state index contributed by atoms with van der Waals surface area (Å²) in [4.78, 5) is 23.5. The van der Waals surface area contributed by atoms with Crippen LogP contribution in [0.25, 0.3) is 0 Å². The van der Waals surface area contributed by atoms with Gasteiger partial charge in [-0.1, -0.05) is 22.0 Å². The maximum absolute atomic E-state index is 11.9. The van der Waals surface area contributed by atoms with E-state index in [9.17, 15) is 9.59 Å². The Kier molecular flexibility index (Phi) is 5.71. The molecule has 0 aliphatic heterocycles. The summed E-state index contributed by atoms with van der Waals surface area (Å²) in [6.07, 6.45) is 0. The van der Waals surface area contributed by atoms with Gasteiger partial charge in [0, 0.05) is 10.0 Å². The maximum Gasteiger partial charge on any atom is 0.269 e. The first kappa shape index (κ1) is 16.7. The fourth-order valence-electron chi connectivity index (χ4n) is 1.37. The van der Waals surface area contributed by atoms with Crippen LogP contribution in [-0.2, 0) is 9.53 Å². The molecule has 0 radical (unpaired) electrons. The topological polar surface area (TPSA) is 67.4 Å². The Morgan fingerprint density at radius 3 is 2.50 bits per heavy atom. The van der Waals surface area contributed by atoms with E-state index in [2.05, 4.69) is 26.8 Å². The van der Waals surface area contributed by atoms with E-state index in [-0.39, 0.29) is 12.5 Å². The minimum absolute atomic E-state index is 0.110. The van der Waals surface area contributed by atoms with Crippen LogP contribution in [0, 0.1) is 6.92 Å². The molecular formula is C14H19BrN2O3. The van der Waals surface area contributed by atoms with Gasteiger partial charge in [0.1, 0.15) is 6.61 Å². The van der Waals surface area contributed by atoms with Crippen LogP contribution >= 0.6 is 15.9 Å². The molecule has 6 heteroatoms. The molecule has 110 valence electrons. The van der Waals surface area contributed by atoms with Gasteiger partial charge in [0.2, 0.25) is 0 Å². The van der Waals surface area contributed by atoms with Gasteiger partial charge >= 0.3 is 0 Å². The number of carbonyl (C=O) groups is 2. The minimum atomic E-state index is -0.402. The molecule has 0 aliphatic rings. The highest BCUT2D eigenvalue weighted by Gasteiger charge is 2.14. The van der Waals surface area contributed by atoms with Crippen LogP contribution in [0.3, 0.4) is 0 Å². The van der Waals surface area contributed by atoms with Crippen LogP contribution in [0.1, 0.15) is 36.7 Å². The van der Waals surface area contributed by atoms with Crippen LogP contribution in [0.2, 0.25) is 0 Å². The smallest absolute Gasteiger partial charge is 0.269 e. The largest absolute Gasteiger partial charge is 0.366 e. The molecule has 1 aromatic rings. The number of rotatable bonds is 3. The molecular weight excluding hydrogens is 324 g/mol. The third-order valence-corrected chi connectivity index (χ3v) is 3.32. The van der Waals surface area contributed by atoms with Crippen LogP contribution in [0.4, 0.5) is 0 Å². The zero-order valence-corrected chi connectivity index (χ0v) is 13.6. The van der Waals surface area contributed by atoms with Crippen LogP contribution in [-0.4, -0.2) is 24.0 Å². The molecule has 0 fully saturated rings. The van der Waals surface area contributed by atoms with E-state index in [0.29, 0.717) is 5.56 Å². The maximum atomic E-state index is 11.9. The number of carbonyl (C=O) groups excluding carboxylic acids is 2. The molecule has 2 amide bonds. The number of benzene rings is 1. The second kappa shape index (κ2) is 6.85. The third kappa shape index (κ3) is 5.30. The number of halogens is 1. The van der Waals surface area contributed by atoms with Crippen molar-refractivity contribution in [1.82, 2.24) is 10.9 Å². The molecule has 0 aromatic heterocycles. The molecule has 0 heterocycles. The molecule has 0 aliphatic carbocycles. The second-order valence-corrected chi connectivity index (χ2v) is 6.17. The SMILES string of the molecule is Cc1c(Br)cccc1C(=O)NNC(=O)COC(C)(C)C. The minimum Gasteiger partial charge on any atom is -0.366 e. The van der Waals surface area contributed by atoms with Crippen molar-refractivity contribution < 1.29 is 14.3 Å². The number of hydrazine groups is 1. The zero-order valence-electron chi connectivity index (χ0n) is 12.0. The van der Waals surface area contributed by atoms with Crippen LogP contribution in [0.15, 0.2) is 22.7 Å². The lowest BCUT2D eigenvalue weighted by Gasteiger charge is -2.19. The molecule has 0 atom stereocenters. The van der Waals surface area contributed by atoms with Gasteiger partial charge in [-0.05, 0) is 45.4 Å². The number of hydrogen-bond acceptors (Lipinski definition) is 3. The first-order valence-electron chi connectivity index (χ1n) is 6.19. The van der Waals surface area contributed by atoms with Gasteiger partial charge in [0.25, 0.3) is 11.8 Å².